The molecule has 2 atom stereocenters. The Bertz CT molecular complexity index is 1130. The van der Waals surface area contributed by atoms with Crippen molar-refractivity contribution in [3.05, 3.63) is 0 Å². The molecule has 0 aliphatic heterocycles. The lowest BCUT2D eigenvalue weighted by atomic mass is 10.0. The van der Waals surface area contributed by atoms with Crippen molar-refractivity contribution in [2.24, 2.45) is 0 Å². The van der Waals surface area contributed by atoms with Crippen molar-refractivity contribution < 1.29 is 24.5 Å². The van der Waals surface area contributed by atoms with Crippen LogP contribution in [0.25, 0.3) is 0 Å². The molecule has 0 saturated heterocycles. The number of carbonyl (C=O) groups is 2. The van der Waals surface area contributed by atoms with Crippen LogP contribution in [-0.4, -0.2) is 47.4 Å². The van der Waals surface area contributed by atoms with Crippen molar-refractivity contribution in [2.45, 2.75) is 437 Å². The molecule has 0 rings (SSSR count). The Morgan fingerprint density at radius 3 is 0.782 bits per heavy atom. The first-order chi connectivity index (χ1) is 38.5. The number of aliphatic hydroxyl groups is 2. The van der Waals surface area contributed by atoms with E-state index < -0.39 is 12.1 Å². The smallest absolute Gasteiger partial charge is 0.305 e. The number of rotatable bonds is 69. The third kappa shape index (κ3) is 64.0. The van der Waals surface area contributed by atoms with Gasteiger partial charge in [-0.3, -0.25) is 9.59 Å². The molecule has 0 spiro atoms. The second kappa shape index (κ2) is 68.4. The van der Waals surface area contributed by atoms with E-state index in [9.17, 15) is 19.8 Å². The number of nitrogens with one attached hydrogen (secondary N) is 1. The van der Waals surface area contributed by atoms with Crippen molar-refractivity contribution >= 4 is 11.9 Å². The lowest BCUT2D eigenvalue weighted by Crippen LogP contribution is -2.45. The summed E-state index contributed by atoms with van der Waals surface area (Å²) in [5.74, 6) is -0.00596. The number of amides is 1. The summed E-state index contributed by atoms with van der Waals surface area (Å²) in [6, 6.07) is -0.539. The number of hydrogen-bond acceptors (Lipinski definition) is 5. The molecule has 0 saturated carbocycles. The molecule has 3 N–H and O–H groups in total. The SMILES string of the molecule is CCCCCCCCCCCCCCCCCCCCC(=O)OCCCCCCCCCCCCCCCCCCCCCCCCCCCC(=O)NC(CO)C(O)CCCCCCCCCCCCCCCCCCCC. The molecule has 0 aliphatic rings. The predicted molar refractivity (Wildman–Crippen MR) is 343 cm³/mol. The van der Waals surface area contributed by atoms with Gasteiger partial charge in [-0.05, 0) is 25.7 Å². The molecule has 466 valence electrons. The number of hydrogen-bond donors (Lipinski definition) is 3. The van der Waals surface area contributed by atoms with Crippen LogP contribution >= 0.6 is 0 Å². The highest BCUT2D eigenvalue weighted by Gasteiger charge is 2.20. The summed E-state index contributed by atoms with van der Waals surface area (Å²) in [4.78, 5) is 24.6. The van der Waals surface area contributed by atoms with Crippen molar-refractivity contribution in [1.82, 2.24) is 5.32 Å². The molecule has 0 fully saturated rings. The van der Waals surface area contributed by atoms with Crippen LogP contribution in [0.15, 0.2) is 0 Å². The van der Waals surface area contributed by atoms with Gasteiger partial charge in [0.2, 0.25) is 5.91 Å². The van der Waals surface area contributed by atoms with Crippen molar-refractivity contribution in [1.29, 1.82) is 0 Å². The fourth-order valence-electron chi connectivity index (χ4n) is 11.9. The number of carbonyl (C=O) groups excluding carboxylic acids is 2. The largest absolute Gasteiger partial charge is 0.466 e. The van der Waals surface area contributed by atoms with E-state index in [0.717, 1.165) is 38.5 Å². The average Bonchev–Trinajstić information content (AvgIpc) is 3.44. The average molecular weight is 1100 g/mol. The maximum atomic E-state index is 12.5. The molecule has 6 heteroatoms. The van der Waals surface area contributed by atoms with Gasteiger partial charge in [-0.1, -0.05) is 386 Å². The highest BCUT2D eigenvalue weighted by molar-refractivity contribution is 5.76. The van der Waals surface area contributed by atoms with Crippen LogP contribution in [0.5, 0.6) is 0 Å². The molecule has 2 unspecified atom stereocenters. The predicted octanol–water partition coefficient (Wildman–Crippen LogP) is 23.4. The van der Waals surface area contributed by atoms with E-state index in [4.69, 9.17) is 4.74 Å². The van der Waals surface area contributed by atoms with E-state index in [1.165, 1.54) is 353 Å². The molecule has 0 aromatic carbocycles. The summed E-state index contributed by atoms with van der Waals surface area (Å²) in [6.45, 7) is 5.01. The summed E-state index contributed by atoms with van der Waals surface area (Å²) in [6.07, 6.45) is 83.0. The van der Waals surface area contributed by atoms with Gasteiger partial charge in [0.05, 0.1) is 25.4 Å². The van der Waals surface area contributed by atoms with Crippen LogP contribution in [0.3, 0.4) is 0 Å². The molecule has 0 radical (unpaired) electrons. The minimum atomic E-state index is -0.662. The minimum absolute atomic E-state index is 0.0223. The number of aliphatic hydroxyl groups excluding tert-OH is 2. The van der Waals surface area contributed by atoms with Crippen molar-refractivity contribution in [3.63, 3.8) is 0 Å². The number of unbranched alkanes of at least 4 members (excludes halogenated alkanes) is 58. The van der Waals surface area contributed by atoms with Gasteiger partial charge >= 0.3 is 5.97 Å². The molecule has 0 aliphatic carbocycles. The van der Waals surface area contributed by atoms with Crippen LogP contribution in [0.2, 0.25) is 0 Å². The zero-order valence-corrected chi connectivity index (χ0v) is 53.4. The Hall–Kier alpha value is -1.14. The number of esters is 1. The molecule has 1 amide bonds. The summed E-state index contributed by atoms with van der Waals surface area (Å²) < 4.78 is 5.51. The molecule has 0 aromatic rings. The second-order valence-electron chi connectivity index (χ2n) is 25.3. The van der Waals surface area contributed by atoms with Crippen LogP contribution < -0.4 is 5.32 Å². The fourth-order valence-corrected chi connectivity index (χ4v) is 11.9. The Balaban J connectivity index is 3.33. The molecule has 6 nitrogen and oxygen atoms in total. The van der Waals surface area contributed by atoms with Crippen molar-refractivity contribution in [3.8, 4) is 0 Å². The topological polar surface area (TPSA) is 95.9 Å². The standard InChI is InChI=1S/C72H143NO5/c1-3-5-7-9-11-13-15-17-19-21-32-36-40-44-48-52-56-60-64-70(75)69(68-74)73-71(76)65-61-57-53-49-45-41-37-33-30-28-26-24-23-25-27-29-31-35-39-43-47-51-55-59-63-67-78-72(77)66-62-58-54-50-46-42-38-34-22-20-18-16-14-12-10-8-6-4-2/h69-70,74-75H,3-68H2,1-2H3,(H,73,76). The van der Waals surface area contributed by atoms with Crippen LogP contribution in [-0.2, 0) is 14.3 Å². The third-order valence-corrected chi connectivity index (χ3v) is 17.4. The summed E-state index contributed by atoms with van der Waals surface area (Å²) in [5, 5.41) is 23.4. The Morgan fingerprint density at radius 1 is 0.308 bits per heavy atom. The van der Waals surface area contributed by atoms with Gasteiger partial charge < -0.3 is 20.3 Å². The van der Waals surface area contributed by atoms with E-state index in [0.29, 0.717) is 25.9 Å². The van der Waals surface area contributed by atoms with Crippen molar-refractivity contribution in [2.75, 3.05) is 13.2 Å². The molecule has 78 heavy (non-hydrogen) atoms. The first-order valence-corrected chi connectivity index (χ1v) is 36.3. The summed E-state index contributed by atoms with van der Waals surface area (Å²) in [7, 11) is 0. The normalized spacial score (nSPS) is 12.4. The van der Waals surface area contributed by atoms with E-state index in [-0.39, 0.29) is 18.5 Å². The maximum Gasteiger partial charge on any atom is 0.305 e. The monoisotopic (exact) mass is 1100 g/mol. The molecular formula is C72H143NO5. The molecule has 0 aromatic heterocycles. The zero-order valence-electron chi connectivity index (χ0n) is 53.4. The second-order valence-corrected chi connectivity index (χ2v) is 25.3. The van der Waals surface area contributed by atoms with Gasteiger partial charge in [-0.15, -0.1) is 0 Å². The zero-order chi connectivity index (χ0) is 56.4. The first kappa shape index (κ1) is 76.9. The minimum Gasteiger partial charge on any atom is -0.466 e. The van der Waals surface area contributed by atoms with Gasteiger partial charge in [-0.2, -0.15) is 0 Å². The highest BCUT2D eigenvalue weighted by Crippen LogP contribution is 2.20. The van der Waals surface area contributed by atoms with Gasteiger partial charge in [0.25, 0.3) is 0 Å². The molecule has 0 heterocycles. The quantitative estimate of drug-likeness (QED) is 0.0417. The maximum absolute atomic E-state index is 12.5. The Kier molecular flexibility index (Phi) is 67.4. The molecular weight excluding hydrogens is 959 g/mol. The van der Waals surface area contributed by atoms with E-state index >= 15 is 0 Å². The van der Waals surface area contributed by atoms with Crippen LogP contribution in [0, 0.1) is 0 Å². The van der Waals surface area contributed by atoms with E-state index in [1.807, 2.05) is 0 Å². The Labute approximate surface area is 489 Å². The van der Waals surface area contributed by atoms with Gasteiger partial charge in [0, 0.05) is 12.8 Å². The third-order valence-electron chi connectivity index (χ3n) is 17.4. The van der Waals surface area contributed by atoms with E-state index in [1.54, 1.807) is 0 Å². The number of ether oxygens (including phenoxy) is 1. The van der Waals surface area contributed by atoms with Gasteiger partial charge in [-0.25, -0.2) is 0 Å². The lowest BCUT2D eigenvalue weighted by molar-refractivity contribution is -0.143. The fraction of sp³-hybridized carbons (Fsp3) is 0.972. The summed E-state index contributed by atoms with van der Waals surface area (Å²) in [5.41, 5.74) is 0. The Morgan fingerprint density at radius 2 is 0.526 bits per heavy atom. The van der Waals surface area contributed by atoms with E-state index in [2.05, 4.69) is 19.2 Å². The van der Waals surface area contributed by atoms with Gasteiger partial charge in [0.1, 0.15) is 0 Å². The first-order valence-electron chi connectivity index (χ1n) is 36.3. The lowest BCUT2D eigenvalue weighted by Gasteiger charge is -2.22. The highest BCUT2D eigenvalue weighted by atomic mass is 16.5. The summed E-state index contributed by atoms with van der Waals surface area (Å²) >= 11 is 0. The molecule has 0 bridgehead atoms. The van der Waals surface area contributed by atoms with Crippen LogP contribution in [0.1, 0.15) is 425 Å². The van der Waals surface area contributed by atoms with Gasteiger partial charge in [0.15, 0.2) is 0 Å². The van der Waals surface area contributed by atoms with Crippen LogP contribution in [0.4, 0.5) is 0 Å².